The van der Waals surface area contributed by atoms with Crippen molar-refractivity contribution < 1.29 is 4.79 Å². The highest BCUT2D eigenvalue weighted by molar-refractivity contribution is 5.80. The average molecular weight is 253 g/mol. The largest absolute Gasteiger partial charge is 0.368 e. The number of carbonyl (C=O) groups is 1. The number of likely N-dealkylation sites (N-methyl/N-ethyl adjacent to an activating group) is 1. The third kappa shape index (κ3) is 3.74. The fourth-order valence-electron chi connectivity index (χ4n) is 1.49. The van der Waals surface area contributed by atoms with Crippen LogP contribution in [-0.4, -0.2) is 36.0 Å². The lowest BCUT2D eigenvalue weighted by molar-refractivity contribution is -0.119. The molecule has 1 amide bonds. The van der Waals surface area contributed by atoms with E-state index in [1.54, 1.807) is 13.1 Å². The van der Waals surface area contributed by atoms with Gasteiger partial charge in [0, 0.05) is 19.7 Å². The van der Waals surface area contributed by atoms with Crippen molar-refractivity contribution in [1.82, 2.24) is 15.3 Å². The maximum Gasteiger partial charge on any atom is 0.239 e. The summed E-state index contributed by atoms with van der Waals surface area (Å²) in [7, 11) is 1.59. The first kappa shape index (κ1) is 14.0. The van der Waals surface area contributed by atoms with Crippen LogP contribution in [0.5, 0.6) is 0 Å². The second-order valence-corrected chi connectivity index (χ2v) is 3.71. The van der Waals surface area contributed by atoms with Gasteiger partial charge >= 0.3 is 0 Å². The molecular weight excluding hydrogens is 234 g/mol. The molecule has 1 rings (SSSR count). The van der Waals surface area contributed by atoms with Crippen molar-refractivity contribution in [3.63, 3.8) is 0 Å². The maximum atomic E-state index is 11.4. The summed E-state index contributed by atoms with van der Waals surface area (Å²) in [5, 5.41) is 2.57. The second-order valence-electron chi connectivity index (χ2n) is 3.71. The summed E-state index contributed by atoms with van der Waals surface area (Å²) in [5.41, 5.74) is 8.00. The molecule has 0 aliphatic heterocycles. The molecule has 1 heterocycles. The summed E-state index contributed by atoms with van der Waals surface area (Å²) in [5.74, 6) is 6.29. The molecule has 0 saturated carbocycles. The number of hydrogen-bond donors (Lipinski definition) is 4. The number of rotatable bonds is 6. The summed E-state index contributed by atoms with van der Waals surface area (Å²) >= 11 is 0. The van der Waals surface area contributed by atoms with Crippen molar-refractivity contribution in [2.24, 2.45) is 5.84 Å². The zero-order chi connectivity index (χ0) is 13.5. The van der Waals surface area contributed by atoms with E-state index < -0.39 is 0 Å². The van der Waals surface area contributed by atoms with Gasteiger partial charge in [0.2, 0.25) is 11.9 Å². The first-order valence-corrected chi connectivity index (χ1v) is 5.67. The lowest BCUT2D eigenvalue weighted by Crippen LogP contribution is -2.36. The normalized spacial score (nSPS) is 9.94. The minimum Gasteiger partial charge on any atom is -0.368 e. The smallest absolute Gasteiger partial charge is 0.239 e. The number of hydrogen-bond acceptors (Lipinski definition) is 7. The van der Waals surface area contributed by atoms with Crippen molar-refractivity contribution in [3.05, 3.63) is 6.07 Å². The number of amides is 1. The summed E-state index contributed by atoms with van der Waals surface area (Å²) < 4.78 is 0. The van der Waals surface area contributed by atoms with E-state index in [2.05, 4.69) is 20.7 Å². The lowest BCUT2D eigenvalue weighted by atomic mass is 10.3. The fraction of sp³-hybridized carbons (Fsp3) is 0.500. The van der Waals surface area contributed by atoms with Crippen LogP contribution in [0.3, 0.4) is 0 Å². The van der Waals surface area contributed by atoms with E-state index >= 15 is 0 Å². The van der Waals surface area contributed by atoms with Gasteiger partial charge in [-0.15, -0.1) is 0 Å². The average Bonchev–Trinajstić information content (AvgIpc) is 2.37. The number of nitrogens with zero attached hydrogens (tertiary/aromatic N) is 3. The predicted octanol–water partition coefficient (Wildman–Crippen LogP) is -0.693. The SMILES string of the molecule is CCCN(CC(=O)NC)c1cc(NN)nc(N)n1. The molecule has 100 valence electrons. The van der Waals surface area contributed by atoms with Gasteiger partial charge < -0.3 is 21.4 Å². The second kappa shape index (κ2) is 6.60. The molecule has 6 N–H and O–H groups in total. The van der Waals surface area contributed by atoms with Gasteiger partial charge in [-0.05, 0) is 6.42 Å². The Bertz CT molecular complexity index is 409. The van der Waals surface area contributed by atoms with Gasteiger partial charge in [-0.3, -0.25) is 4.79 Å². The van der Waals surface area contributed by atoms with Crippen LogP contribution in [0.2, 0.25) is 0 Å². The van der Waals surface area contributed by atoms with E-state index in [0.717, 1.165) is 6.42 Å². The van der Waals surface area contributed by atoms with Crippen LogP contribution in [0, 0.1) is 0 Å². The minimum atomic E-state index is -0.0945. The van der Waals surface area contributed by atoms with Crippen LogP contribution >= 0.6 is 0 Å². The van der Waals surface area contributed by atoms with Crippen molar-refractivity contribution in [1.29, 1.82) is 0 Å². The summed E-state index contributed by atoms with van der Waals surface area (Å²) in [6, 6.07) is 1.65. The first-order valence-electron chi connectivity index (χ1n) is 5.67. The number of carbonyl (C=O) groups excluding carboxylic acids is 1. The van der Waals surface area contributed by atoms with E-state index in [0.29, 0.717) is 18.2 Å². The van der Waals surface area contributed by atoms with E-state index in [-0.39, 0.29) is 18.4 Å². The molecule has 0 saturated heterocycles. The third-order valence-electron chi connectivity index (χ3n) is 2.31. The standard InChI is InChI=1S/C10H19N7O/c1-3-4-17(6-9(18)13-2)8-5-7(16-12)14-10(11)15-8/h5H,3-4,6,12H2,1-2H3,(H,13,18)(H3,11,14,15,16). The molecule has 0 spiro atoms. The van der Waals surface area contributed by atoms with Crippen molar-refractivity contribution >= 4 is 23.5 Å². The maximum absolute atomic E-state index is 11.4. The molecule has 0 aliphatic rings. The summed E-state index contributed by atoms with van der Waals surface area (Å²) in [6.45, 7) is 2.92. The highest BCUT2D eigenvalue weighted by Gasteiger charge is 2.13. The van der Waals surface area contributed by atoms with Gasteiger partial charge in [-0.1, -0.05) is 6.92 Å². The topological polar surface area (TPSA) is 122 Å². The molecule has 0 fully saturated rings. The third-order valence-corrected chi connectivity index (χ3v) is 2.31. The monoisotopic (exact) mass is 253 g/mol. The van der Waals surface area contributed by atoms with E-state index in [9.17, 15) is 4.79 Å². The van der Waals surface area contributed by atoms with Crippen LogP contribution in [0.4, 0.5) is 17.6 Å². The molecular formula is C10H19N7O. The number of aromatic nitrogens is 2. The van der Waals surface area contributed by atoms with Crippen molar-refractivity contribution in [3.8, 4) is 0 Å². The van der Waals surface area contributed by atoms with Crippen LogP contribution in [0.1, 0.15) is 13.3 Å². The van der Waals surface area contributed by atoms with Gasteiger partial charge in [0.05, 0.1) is 6.54 Å². The Balaban J connectivity index is 2.96. The molecule has 0 atom stereocenters. The number of nitrogens with two attached hydrogens (primary N) is 2. The summed E-state index contributed by atoms with van der Waals surface area (Å²) in [6.07, 6.45) is 0.881. The van der Waals surface area contributed by atoms with Crippen LogP contribution in [0.15, 0.2) is 6.07 Å². The quantitative estimate of drug-likeness (QED) is 0.391. The van der Waals surface area contributed by atoms with Gasteiger partial charge in [0.15, 0.2) is 0 Å². The van der Waals surface area contributed by atoms with Gasteiger partial charge in [-0.2, -0.15) is 9.97 Å². The van der Waals surface area contributed by atoms with Gasteiger partial charge in [-0.25, -0.2) is 5.84 Å². The molecule has 0 radical (unpaired) electrons. The fourth-order valence-corrected chi connectivity index (χ4v) is 1.49. The van der Waals surface area contributed by atoms with Crippen molar-refractivity contribution in [2.45, 2.75) is 13.3 Å². The Hall–Kier alpha value is -2.09. The number of nitrogen functional groups attached to an aromatic ring is 2. The Kier molecular flexibility index (Phi) is 5.12. The Labute approximate surface area is 106 Å². The number of hydrazine groups is 1. The highest BCUT2D eigenvalue weighted by atomic mass is 16.1. The molecule has 0 unspecified atom stereocenters. The molecule has 1 aromatic rings. The Morgan fingerprint density at radius 1 is 1.50 bits per heavy atom. The van der Waals surface area contributed by atoms with E-state index in [1.807, 2.05) is 11.8 Å². The molecule has 0 bridgehead atoms. The van der Waals surface area contributed by atoms with Gasteiger partial charge in [0.25, 0.3) is 0 Å². The highest BCUT2D eigenvalue weighted by Crippen LogP contribution is 2.16. The number of nitrogens with one attached hydrogen (secondary N) is 2. The van der Waals surface area contributed by atoms with Crippen LogP contribution in [0.25, 0.3) is 0 Å². The molecule has 0 aliphatic carbocycles. The first-order chi connectivity index (χ1) is 8.60. The predicted molar refractivity (Wildman–Crippen MR) is 70.8 cm³/mol. The van der Waals surface area contributed by atoms with Crippen LogP contribution < -0.4 is 27.2 Å². The molecule has 1 aromatic heterocycles. The molecule has 8 nitrogen and oxygen atoms in total. The summed E-state index contributed by atoms with van der Waals surface area (Å²) in [4.78, 5) is 21.3. The van der Waals surface area contributed by atoms with E-state index in [4.69, 9.17) is 11.6 Å². The zero-order valence-corrected chi connectivity index (χ0v) is 10.6. The minimum absolute atomic E-state index is 0.0945. The Morgan fingerprint density at radius 3 is 2.78 bits per heavy atom. The molecule has 8 heteroatoms. The van der Waals surface area contributed by atoms with Gasteiger partial charge in [0.1, 0.15) is 11.6 Å². The van der Waals surface area contributed by atoms with E-state index in [1.165, 1.54) is 0 Å². The Morgan fingerprint density at radius 2 is 2.22 bits per heavy atom. The van der Waals surface area contributed by atoms with Crippen LogP contribution in [-0.2, 0) is 4.79 Å². The lowest BCUT2D eigenvalue weighted by Gasteiger charge is -2.22. The molecule has 18 heavy (non-hydrogen) atoms. The van der Waals surface area contributed by atoms with Crippen molar-refractivity contribution in [2.75, 3.05) is 36.2 Å². The zero-order valence-electron chi connectivity index (χ0n) is 10.6. The number of anilines is 3. The molecule has 0 aromatic carbocycles.